The van der Waals surface area contributed by atoms with E-state index in [-0.39, 0.29) is 5.84 Å². The van der Waals surface area contributed by atoms with Crippen LogP contribution in [0.4, 0.5) is 0 Å². The van der Waals surface area contributed by atoms with Gasteiger partial charge in [-0.2, -0.15) is 0 Å². The predicted molar refractivity (Wildman–Crippen MR) is 51.6 cm³/mol. The monoisotopic (exact) mass is 179 g/mol. The van der Waals surface area contributed by atoms with Crippen LogP contribution < -0.4 is 11.5 Å². The SMILES string of the molecule is Cc1ccc(CN)cc1/C(N)=N/O. The highest BCUT2D eigenvalue weighted by Crippen LogP contribution is 2.10. The highest BCUT2D eigenvalue weighted by atomic mass is 16.4. The first-order valence-electron chi connectivity index (χ1n) is 3.96. The van der Waals surface area contributed by atoms with Gasteiger partial charge >= 0.3 is 0 Å². The van der Waals surface area contributed by atoms with Crippen molar-refractivity contribution < 1.29 is 5.21 Å². The Morgan fingerprint density at radius 1 is 1.54 bits per heavy atom. The molecule has 1 rings (SSSR count). The first-order valence-corrected chi connectivity index (χ1v) is 3.96. The van der Waals surface area contributed by atoms with Gasteiger partial charge in [0.2, 0.25) is 0 Å². The quantitative estimate of drug-likeness (QED) is 0.268. The maximum Gasteiger partial charge on any atom is 0.170 e. The second kappa shape index (κ2) is 3.91. The summed E-state index contributed by atoms with van der Waals surface area (Å²) in [5.41, 5.74) is 13.6. The summed E-state index contributed by atoms with van der Waals surface area (Å²) < 4.78 is 0. The van der Waals surface area contributed by atoms with E-state index in [0.29, 0.717) is 6.54 Å². The lowest BCUT2D eigenvalue weighted by atomic mass is 10.0. The van der Waals surface area contributed by atoms with Gasteiger partial charge < -0.3 is 16.7 Å². The van der Waals surface area contributed by atoms with E-state index in [1.54, 1.807) is 0 Å². The molecular weight excluding hydrogens is 166 g/mol. The van der Waals surface area contributed by atoms with E-state index in [9.17, 15) is 0 Å². The number of hydrogen-bond donors (Lipinski definition) is 3. The van der Waals surface area contributed by atoms with Crippen LogP contribution in [0.3, 0.4) is 0 Å². The lowest BCUT2D eigenvalue weighted by Crippen LogP contribution is -2.15. The number of amidine groups is 1. The van der Waals surface area contributed by atoms with Crippen LogP contribution in [0, 0.1) is 6.92 Å². The number of nitrogens with zero attached hydrogens (tertiary/aromatic N) is 1. The van der Waals surface area contributed by atoms with Crippen LogP contribution in [0.1, 0.15) is 16.7 Å². The van der Waals surface area contributed by atoms with Crippen LogP contribution in [0.2, 0.25) is 0 Å². The zero-order valence-corrected chi connectivity index (χ0v) is 7.49. The van der Waals surface area contributed by atoms with Gasteiger partial charge in [-0.1, -0.05) is 17.3 Å². The van der Waals surface area contributed by atoms with Crippen LogP contribution in [0.15, 0.2) is 23.4 Å². The fourth-order valence-electron chi connectivity index (χ4n) is 1.13. The van der Waals surface area contributed by atoms with Crippen LogP contribution in [0.25, 0.3) is 0 Å². The summed E-state index contributed by atoms with van der Waals surface area (Å²) in [6.07, 6.45) is 0. The van der Waals surface area contributed by atoms with Crippen molar-refractivity contribution in [2.45, 2.75) is 13.5 Å². The summed E-state index contributed by atoms with van der Waals surface area (Å²) in [5.74, 6) is 0.118. The molecule has 70 valence electrons. The fourth-order valence-corrected chi connectivity index (χ4v) is 1.13. The number of oxime groups is 1. The molecular formula is C9H13N3O. The molecule has 5 N–H and O–H groups in total. The highest BCUT2D eigenvalue weighted by Gasteiger charge is 2.03. The van der Waals surface area contributed by atoms with E-state index < -0.39 is 0 Å². The summed E-state index contributed by atoms with van der Waals surface area (Å²) >= 11 is 0. The molecule has 13 heavy (non-hydrogen) atoms. The lowest BCUT2D eigenvalue weighted by Gasteiger charge is -2.05. The Bertz CT molecular complexity index is 334. The average Bonchev–Trinajstić information content (AvgIpc) is 2.17. The summed E-state index contributed by atoms with van der Waals surface area (Å²) in [7, 11) is 0. The Balaban J connectivity index is 3.19. The summed E-state index contributed by atoms with van der Waals surface area (Å²) in [6.45, 7) is 2.35. The lowest BCUT2D eigenvalue weighted by molar-refractivity contribution is 0.318. The van der Waals surface area contributed by atoms with Gasteiger partial charge in [0.05, 0.1) is 0 Å². The van der Waals surface area contributed by atoms with Crippen molar-refractivity contribution >= 4 is 5.84 Å². The van der Waals surface area contributed by atoms with Crippen molar-refractivity contribution in [1.82, 2.24) is 0 Å². The summed E-state index contributed by atoms with van der Waals surface area (Å²) in [5, 5.41) is 11.5. The van der Waals surface area contributed by atoms with E-state index in [2.05, 4.69) is 5.16 Å². The van der Waals surface area contributed by atoms with Crippen molar-refractivity contribution in [3.8, 4) is 0 Å². The van der Waals surface area contributed by atoms with Crippen molar-refractivity contribution in [2.75, 3.05) is 0 Å². The van der Waals surface area contributed by atoms with Crippen molar-refractivity contribution in [2.24, 2.45) is 16.6 Å². The van der Waals surface area contributed by atoms with E-state index in [0.717, 1.165) is 16.7 Å². The van der Waals surface area contributed by atoms with Crippen molar-refractivity contribution in [3.63, 3.8) is 0 Å². The second-order valence-electron chi connectivity index (χ2n) is 2.84. The summed E-state index contributed by atoms with van der Waals surface area (Å²) in [4.78, 5) is 0. The van der Waals surface area contributed by atoms with Gasteiger partial charge in [0.25, 0.3) is 0 Å². The predicted octanol–water partition coefficient (Wildman–Crippen LogP) is 0.548. The molecule has 0 saturated heterocycles. The Labute approximate surface area is 76.8 Å². The standard InChI is InChI=1S/C9H13N3O/c1-6-2-3-7(5-10)4-8(6)9(11)12-13/h2-4,13H,5,10H2,1H3,(H2,11,12). The zero-order valence-electron chi connectivity index (χ0n) is 7.49. The minimum absolute atomic E-state index is 0.118. The molecule has 0 amide bonds. The second-order valence-corrected chi connectivity index (χ2v) is 2.84. The smallest absolute Gasteiger partial charge is 0.170 e. The van der Waals surface area contributed by atoms with E-state index in [1.807, 2.05) is 25.1 Å². The van der Waals surface area contributed by atoms with Crippen LogP contribution in [-0.2, 0) is 6.54 Å². The maximum atomic E-state index is 8.51. The van der Waals surface area contributed by atoms with Gasteiger partial charge in [0.1, 0.15) is 0 Å². The van der Waals surface area contributed by atoms with Crippen LogP contribution in [0.5, 0.6) is 0 Å². The Morgan fingerprint density at radius 2 is 2.23 bits per heavy atom. The van der Waals surface area contributed by atoms with Gasteiger partial charge in [-0.15, -0.1) is 0 Å². The molecule has 1 aromatic rings. The molecule has 0 aliphatic carbocycles. The normalized spacial score (nSPS) is 11.7. The number of benzene rings is 1. The third-order valence-electron chi connectivity index (χ3n) is 1.92. The highest BCUT2D eigenvalue weighted by molar-refractivity contribution is 5.98. The Morgan fingerprint density at radius 3 is 2.77 bits per heavy atom. The Hall–Kier alpha value is -1.55. The largest absolute Gasteiger partial charge is 0.409 e. The number of hydrogen-bond acceptors (Lipinski definition) is 3. The molecule has 4 nitrogen and oxygen atoms in total. The molecule has 0 spiro atoms. The van der Waals surface area contributed by atoms with E-state index in [4.69, 9.17) is 16.7 Å². The molecule has 1 aromatic carbocycles. The number of rotatable bonds is 2. The van der Waals surface area contributed by atoms with Gasteiger partial charge in [0, 0.05) is 12.1 Å². The van der Waals surface area contributed by atoms with Gasteiger partial charge in [-0.05, 0) is 24.1 Å². The first-order chi connectivity index (χ1) is 6.19. The number of nitrogens with two attached hydrogens (primary N) is 2. The van der Waals surface area contributed by atoms with Crippen LogP contribution >= 0.6 is 0 Å². The third kappa shape index (κ3) is 1.97. The topological polar surface area (TPSA) is 84.6 Å². The minimum atomic E-state index is 0.118. The number of aryl methyl sites for hydroxylation is 1. The van der Waals surface area contributed by atoms with E-state index >= 15 is 0 Å². The first kappa shape index (κ1) is 9.54. The summed E-state index contributed by atoms with van der Waals surface area (Å²) in [6, 6.07) is 5.64. The van der Waals surface area contributed by atoms with Crippen LogP contribution in [-0.4, -0.2) is 11.0 Å². The van der Waals surface area contributed by atoms with Crippen molar-refractivity contribution in [3.05, 3.63) is 34.9 Å². The Kier molecular flexibility index (Phi) is 2.87. The maximum absolute atomic E-state index is 8.51. The van der Waals surface area contributed by atoms with Gasteiger partial charge in [-0.25, -0.2) is 0 Å². The molecule has 4 heteroatoms. The molecule has 0 aliphatic rings. The molecule has 0 fully saturated rings. The molecule has 0 unspecified atom stereocenters. The van der Waals surface area contributed by atoms with E-state index in [1.165, 1.54) is 0 Å². The fraction of sp³-hybridized carbons (Fsp3) is 0.222. The molecule has 0 aliphatic heterocycles. The average molecular weight is 179 g/mol. The third-order valence-corrected chi connectivity index (χ3v) is 1.92. The van der Waals surface area contributed by atoms with Crippen molar-refractivity contribution in [1.29, 1.82) is 0 Å². The molecule has 0 bridgehead atoms. The molecule has 0 heterocycles. The van der Waals surface area contributed by atoms with Gasteiger partial charge in [-0.3, -0.25) is 0 Å². The molecule has 0 radical (unpaired) electrons. The molecule has 0 saturated carbocycles. The minimum Gasteiger partial charge on any atom is -0.409 e. The molecule has 0 atom stereocenters. The molecule has 0 aromatic heterocycles. The zero-order chi connectivity index (χ0) is 9.84. The van der Waals surface area contributed by atoms with Gasteiger partial charge in [0.15, 0.2) is 5.84 Å².